The molecule has 0 aliphatic rings. The number of hydrogen-bond acceptors (Lipinski definition) is 5. The van der Waals surface area contributed by atoms with E-state index in [9.17, 15) is 4.79 Å². The van der Waals surface area contributed by atoms with Crippen molar-refractivity contribution in [2.75, 3.05) is 13.5 Å². The minimum absolute atomic E-state index is 0.0115. The van der Waals surface area contributed by atoms with Crippen LogP contribution in [0.1, 0.15) is 0 Å². The smallest absolute Gasteiger partial charge is 0.368 e. The van der Waals surface area contributed by atoms with E-state index >= 15 is 0 Å². The van der Waals surface area contributed by atoms with Crippen molar-refractivity contribution >= 4 is 13.9 Å². The zero-order valence-corrected chi connectivity index (χ0v) is 11.0. The van der Waals surface area contributed by atoms with Crippen LogP contribution < -0.4 is 15.7 Å². The van der Waals surface area contributed by atoms with Gasteiger partial charge in [0.1, 0.15) is 5.75 Å². The van der Waals surface area contributed by atoms with E-state index in [1.807, 2.05) is 0 Å². The molecule has 1 atom stereocenters. The van der Waals surface area contributed by atoms with Gasteiger partial charge in [-0.1, -0.05) is 14.6 Å². The Labute approximate surface area is 105 Å². The summed E-state index contributed by atoms with van der Waals surface area (Å²) < 4.78 is 7.57. The van der Waals surface area contributed by atoms with Crippen molar-refractivity contribution in [1.29, 1.82) is 0 Å². The summed E-state index contributed by atoms with van der Waals surface area (Å²) in [6, 6.07) is 5.29. The Balaban J connectivity index is 2.63. The summed E-state index contributed by atoms with van der Waals surface area (Å²) in [5.74, 6) is 0.623. The van der Waals surface area contributed by atoms with Crippen LogP contribution >= 0.6 is 8.58 Å². The summed E-state index contributed by atoms with van der Waals surface area (Å²) in [7, 11) is 3.19. The molecule has 18 heavy (non-hydrogen) atoms. The Morgan fingerprint density at radius 2 is 2.22 bits per heavy atom. The van der Waals surface area contributed by atoms with Gasteiger partial charge >= 0.3 is 5.69 Å². The van der Waals surface area contributed by atoms with Crippen molar-refractivity contribution in [3.63, 3.8) is 0 Å². The minimum Gasteiger partial charge on any atom is -0.496 e. The third-order valence-electron chi connectivity index (χ3n) is 2.43. The van der Waals surface area contributed by atoms with Gasteiger partial charge in [0.15, 0.2) is 0 Å². The van der Waals surface area contributed by atoms with Crippen molar-refractivity contribution in [2.24, 2.45) is 7.05 Å². The normalized spacial score (nSPS) is 11.3. The van der Waals surface area contributed by atoms with Gasteiger partial charge in [-0.25, -0.2) is 4.79 Å². The van der Waals surface area contributed by atoms with Gasteiger partial charge < -0.3 is 9.84 Å². The number of ether oxygens (including phenoxy) is 1. The summed E-state index contributed by atoms with van der Waals surface area (Å²) >= 11 is 0. The maximum absolute atomic E-state index is 11.8. The monoisotopic (exact) mass is 268 g/mol. The zero-order chi connectivity index (χ0) is 13.1. The fraction of sp³-hybridized carbons (Fsp3) is 0.300. The topological polar surface area (TPSA) is 82.2 Å². The molecule has 1 N–H and O–H groups in total. The average Bonchev–Trinajstić information content (AvgIpc) is 2.71. The van der Waals surface area contributed by atoms with Gasteiger partial charge in [0.05, 0.1) is 19.1 Å². The highest BCUT2D eigenvalue weighted by molar-refractivity contribution is 7.47. The maximum atomic E-state index is 11.8. The van der Waals surface area contributed by atoms with Gasteiger partial charge in [-0.05, 0) is 22.6 Å². The first kappa shape index (κ1) is 12.7. The Kier molecular flexibility index (Phi) is 3.74. The largest absolute Gasteiger partial charge is 0.496 e. The SMILES string of the molecule is COc1cccc(-n2nnn(C)c2=O)c1PCO. The molecular weight excluding hydrogens is 255 g/mol. The van der Waals surface area contributed by atoms with Crippen LogP contribution in [0.15, 0.2) is 23.0 Å². The summed E-state index contributed by atoms with van der Waals surface area (Å²) in [5.41, 5.74) is 0.243. The number of rotatable bonds is 4. The molecule has 1 unspecified atom stereocenters. The first-order chi connectivity index (χ1) is 8.69. The van der Waals surface area contributed by atoms with E-state index in [1.54, 1.807) is 25.3 Å². The number of benzene rings is 1. The average molecular weight is 268 g/mol. The Morgan fingerprint density at radius 3 is 2.78 bits per heavy atom. The fourth-order valence-electron chi connectivity index (χ4n) is 1.59. The van der Waals surface area contributed by atoms with Crippen molar-refractivity contribution in [1.82, 2.24) is 19.8 Å². The van der Waals surface area contributed by atoms with Crippen LogP contribution in [0.2, 0.25) is 0 Å². The van der Waals surface area contributed by atoms with Crippen molar-refractivity contribution in [2.45, 2.75) is 0 Å². The van der Waals surface area contributed by atoms with Gasteiger partial charge in [0.2, 0.25) is 0 Å². The van der Waals surface area contributed by atoms with E-state index in [4.69, 9.17) is 9.84 Å². The second-order valence-corrected chi connectivity index (χ2v) is 4.66. The Hall–Kier alpha value is -1.72. The minimum atomic E-state index is -0.341. The number of aliphatic hydroxyl groups excluding tert-OH is 1. The van der Waals surface area contributed by atoms with Crippen LogP contribution in [0.3, 0.4) is 0 Å². The molecule has 0 spiro atoms. The molecule has 0 bridgehead atoms. The highest BCUT2D eigenvalue weighted by Gasteiger charge is 2.14. The molecule has 1 heterocycles. The maximum Gasteiger partial charge on any atom is 0.368 e. The summed E-state index contributed by atoms with van der Waals surface area (Å²) in [6.45, 7) is 0. The van der Waals surface area contributed by atoms with Crippen molar-refractivity contribution < 1.29 is 9.84 Å². The fourth-order valence-corrected chi connectivity index (χ4v) is 2.48. The molecule has 0 saturated carbocycles. The summed E-state index contributed by atoms with van der Waals surface area (Å²) in [6.07, 6.45) is -0.0115. The Morgan fingerprint density at radius 1 is 1.44 bits per heavy atom. The third-order valence-corrected chi connectivity index (χ3v) is 3.44. The lowest BCUT2D eigenvalue weighted by Gasteiger charge is -2.11. The predicted molar refractivity (Wildman–Crippen MR) is 68.2 cm³/mol. The summed E-state index contributed by atoms with van der Waals surface area (Å²) in [5, 5.41) is 17.3. The van der Waals surface area contributed by atoms with Gasteiger partial charge in [-0.3, -0.25) is 0 Å². The number of hydrogen-bond donors (Lipinski definition) is 1. The van der Waals surface area contributed by atoms with E-state index in [2.05, 4.69) is 10.4 Å². The molecule has 0 aliphatic heterocycles. The molecule has 0 fully saturated rings. The molecule has 0 radical (unpaired) electrons. The van der Waals surface area contributed by atoms with Crippen LogP contribution in [-0.2, 0) is 7.05 Å². The molecule has 0 aliphatic carbocycles. The number of aromatic nitrogens is 4. The van der Waals surface area contributed by atoms with Crippen LogP contribution in [-0.4, -0.2) is 38.4 Å². The second-order valence-electron chi connectivity index (χ2n) is 3.49. The Bertz CT molecular complexity index is 607. The molecule has 2 rings (SSSR count). The molecule has 7 nitrogen and oxygen atoms in total. The van der Waals surface area contributed by atoms with E-state index < -0.39 is 0 Å². The number of nitrogens with zero attached hydrogens (tertiary/aromatic N) is 4. The lowest BCUT2D eigenvalue weighted by molar-refractivity contribution is 0.373. The lowest BCUT2D eigenvalue weighted by Crippen LogP contribution is -2.25. The molecule has 0 saturated heterocycles. The van der Waals surface area contributed by atoms with Crippen LogP contribution in [0.5, 0.6) is 5.75 Å². The van der Waals surface area contributed by atoms with E-state index in [0.29, 0.717) is 11.4 Å². The molecule has 0 amide bonds. The van der Waals surface area contributed by atoms with Gasteiger partial charge in [-0.2, -0.15) is 9.36 Å². The standard InChI is InChI=1S/C10H13N4O3P/c1-13-10(16)14(12-11-13)7-4-3-5-8(17-2)9(7)18-6-15/h3-5,15,18H,6H2,1-2H3. The zero-order valence-electron chi connectivity index (χ0n) is 9.99. The summed E-state index contributed by atoms with van der Waals surface area (Å²) in [4.78, 5) is 11.8. The highest BCUT2D eigenvalue weighted by Crippen LogP contribution is 2.22. The third kappa shape index (κ3) is 2.14. The van der Waals surface area contributed by atoms with Gasteiger partial charge in [-0.15, -0.1) is 0 Å². The van der Waals surface area contributed by atoms with Crippen LogP contribution in [0.4, 0.5) is 0 Å². The second kappa shape index (κ2) is 5.29. The number of aliphatic hydroxyl groups is 1. The van der Waals surface area contributed by atoms with E-state index in [-0.39, 0.29) is 20.6 Å². The molecule has 96 valence electrons. The van der Waals surface area contributed by atoms with Gasteiger partial charge in [0, 0.05) is 12.4 Å². The molecule has 1 aromatic heterocycles. The van der Waals surface area contributed by atoms with Crippen LogP contribution in [0.25, 0.3) is 5.69 Å². The first-order valence-corrected chi connectivity index (χ1v) is 6.41. The van der Waals surface area contributed by atoms with E-state index in [0.717, 1.165) is 9.99 Å². The first-order valence-electron chi connectivity index (χ1n) is 5.20. The van der Waals surface area contributed by atoms with Crippen molar-refractivity contribution in [3.05, 3.63) is 28.7 Å². The molecule has 2 aromatic rings. The molecule has 1 aromatic carbocycles. The molecule has 8 heteroatoms. The predicted octanol–water partition coefficient (Wildman–Crippen LogP) is -0.772. The number of aryl methyl sites for hydroxylation is 1. The van der Waals surface area contributed by atoms with Crippen molar-refractivity contribution in [3.8, 4) is 11.4 Å². The highest BCUT2D eigenvalue weighted by atomic mass is 31.1. The molecular formula is C10H13N4O3P. The quantitative estimate of drug-likeness (QED) is 0.736. The lowest BCUT2D eigenvalue weighted by atomic mass is 10.3. The van der Waals surface area contributed by atoms with E-state index in [1.165, 1.54) is 11.7 Å². The number of tetrazole rings is 1. The number of methoxy groups -OCH3 is 1. The van der Waals surface area contributed by atoms with Gasteiger partial charge in [0.25, 0.3) is 0 Å². The van der Waals surface area contributed by atoms with Crippen LogP contribution in [0, 0.1) is 0 Å².